The summed E-state index contributed by atoms with van der Waals surface area (Å²) in [5.41, 5.74) is 4.18. The third-order valence-corrected chi connectivity index (χ3v) is 6.05. The van der Waals surface area contributed by atoms with Gasteiger partial charge in [0.15, 0.2) is 5.65 Å². The summed E-state index contributed by atoms with van der Waals surface area (Å²) < 4.78 is 1.65. The minimum Gasteiger partial charge on any atom is -0.354 e. The maximum atomic E-state index is 12.7. The quantitative estimate of drug-likeness (QED) is 0.657. The Bertz CT molecular complexity index is 1090. The van der Waals surface area contributed by atoms with Crippen LogP contribution in [0.15, 0.2) is 41.2 Å². The molecule has 7 heteroatoms. The highest BCUT2D eigenvalue weighted by atomic mass is 16.1. The van der Waals surface area contributed by atoms with Gasteiger partial charge in [-0.25, -0.2) is 9.50 Å². The molecule has 2 N–H and O–H groups in total. The minimum absolute atomic E-state index is 0.0120. The van der Waals surface area contributed by atoms with Gasteiger partial charge in [-0.05, 0) is 38.8 Å². The molecule has 0 bridgehead atoms. The SMILES string of the molecule is Cc1nc2cc(=O)[nH]n2c(C)c1CC(=O)NCC1CCCCN1Cc1ccccc1. The Morgan fingerprint density at radius 3 is 2.83 bits per heavy atom. The van der Waals surface area contributed by atoms with Gasteiger partial charge >= 0.3 is 0 Å². The Kier molecular flexibility index (Phi) is 5.99. The number of likely N-dealkylation sites (tertiary alicyclic amines) is 1. The smallest absolute Gasteiger partial charge is 0.266 e. The Labute approximate surface area is 176 Å². The molecule has 0 saturated carbocycles. The highest BCUT2D eigenvalue weighted by molar-refractivity contribution is 5.79. The van der Waals surface area contributed by atoms with Gasteiger partial charge in [0, 0.05) is 42.1 Å². The largest absolute Gasteiger partial charge is 0.354 e. The molecule has 3 heterocycles. The number of nitrogens with zero attached hydrogens (tertiary/aromatic N) is 3. The third-order valence-electron chi connectivity index (χ3n) is 6.05. The topological polar surface area (TPSA) is 82.5 Å². The van der Waals surface area contributed by atoms with Gasteiger partial charge < -0.3 is 5.32 Å². The fraction of sp³-hybridized carbons (Fsp3) is 0.435. The molecule has 1 amide bonds. The number of aromatic amines is 1. The zero-order chi connectivity index (χ0) is 21.1. The van der Waals surface area contributed by atoms with Crippen LogP contribution in [0.4, 0.5) is 0 Å². The number of fused-ring (bicyclic) bond motifs is 1. The number of rotatable bonds is 6. The van der Waals surface area contributed by atoms with Crippen molar-refractivity contribution in [3.63, 3.8) is 0 Å². The number of nitrogens with one attached hydrogen (secondary N) is 2. The molecule has 7 nitrogen and oxygen atoms in total. The molecule has 30 heavy (non-hydrogen) atoms. The van der Waals surface area contributed by atoms with E-state index in [4.69, 9.17) is 0 Å². The van der Waals surface area contributed by atoms with Crippen molar-refractivity contribution in [3.05, 3.63) is 69.3 Å². The number of benzene rings is 1. The Balaban J connectivity index is 1.40. The van der Waals surface area contributed by atoms with Crippen molar-refractivity contribution >= 4 is 11.6 Å². The van der Waals surface area contributed by atoms with Crippen molar-refractivity contribution in [3.8, 4) is 0 Å². The fourth-order valence-corrected chi connectivity index (χ4v) is 4.38. The van der Waals surface area contributed by atoms with Crippen molar-refractivity contribution in [2.24, 2.45) is 0 Å². The summed E-state index contributed by atoms with van der Waals surface area (Å²) in [6.07, 6.45) is 3.76. The van der Waals surface area contributed by atoms with Crippen LogP contribution < -0.4 is 10.9 Å². The van der Waals surface area contributed by atoms with Crippen molar-refractivity contribution in [2.45, 2.75) is 52.1 Å². The summed E-state index contributed by atoms with van der Waals surface area (Å²) in [5, 5.41) is 5.88. The number of amides is 1. The van der Waals surface area contributed by atoms with Gasteiger partial charge in [0.05, 0.1) is 6.42 Å². The van der Waals surface area contributed by atoms with Gasteiger partial charge in [0.1, 0.15) is 0 Å². The standard InChI is InChI=1S/C23H29N5O2/c1-16-20(17(2)28-21(25-16)13-23(30)26-28)12-22(29)24-14-19-10-6-7-11-27(19)15-18-8-4-3-5-9-18/h3-5,8-9,13,19H,6-7,10-12,14-15H2,1-2H3,(H,24,29)(H,26,30). The van der Waals surface area contributed by atoms with E-state index in [0.717, 1.165) is 36.5 Å². The van der Waals surface area contributed by atoms with E-state index in [2.05, 4.69) is 44.6 Å². The van der Waals surface area contributed by atoms with Gasteiger partial charge in [-0.3, -0.25) is 19.6 Å². The second-order valence-electron chi connectivity index (χ2n) is 8.16. The van der Waals surface area contributed by atoms with Crippen LogP contribution in [0, 0.1) is 13.8 Å². The van der Waals surface area contributed by atoms with E-state index in [0.29, 0.717) is 18.2 Å². The molecule has 2 aromatic heterocycles. The predicted molar refractivity (Wildman–Crippen MR) is 116 cm³/mol. The van der Waals surface area contributed by atoms with Crippen LogP contribution in [-0.2, 0) is 17.8 Å². The average molecular weight is 408 g/mol. The first-order valence-corrected chi connectivity index (χ1v) is 10.6. The molecule has 4 rings (SSSR count). The van der Waals surface area contributed by atoms with Crippen LogP contribution in [0.2, 0.25) is 0 Å². The minimum atomic E-state index is -0.192. The van der Waals surface area contributed by atoms with Crippen LogP contribution in [0.3, 0.4) is 0 Å². The second kappa shape index (κ2) is 8.83. The Morgan fingerprint density at radius 1 is 1.23 bits per heavy atom. The number of hydrogen-bond donors (Lipinski definition) is 2. The van der Waals surface area contributed by atoms with Crippen LogP contribution in [0.5, 0.6) is 0 Å². The highest BCUT2D eigenvalue weighted by Gasteiger charge is 2.23. The molecular formula is C23H29N5O2. The lowest BCUT2D eigenvalue weighted by Crippen LogP contribution is -2.46. The average Bonchev–Trinajstić information content (AvgIpc) is 3.11. The first kappa shape index (κ1) is 20.3. The van der Waals surface area contributed by atoms with Gasteiger partial charge in [0.25, 0.3) is 5.56 Å². The molecule has 3 aromatic rings. The van der Waals surface area contributed by atoms with Crippen LogP contribution in [0.1, 0.15) is 41.8 Å². The maximum absolute atomic E-state index is 12.7. The molecule has 1 unspecified atom stereocenters. The molecule has 0 spiro atoms. The highest BCUT2D eigenvalue weighted by Crippen LogP contribution is 2.19. The summed E-state index contributed by atoms with van der Waals surface area (Å²) in [4.78, 5) is 31.3. The van der Waals surface area contributed by atoms with E-state index in [1.54, 1.807) is 4.52 Å². The molecule has 1 atom stereocenters. The number of piperidine rings is 1. The molecule has 1 saturated heterocycles. The van der Waals surface area contributed by atoms with Crippen LogP contribution in [0.25, 0.3) is 5.65 Å². The van der Waals surface area contributed by atoms with Crippen molar-refractivity contribution in [1.82, 2.24) is 24.8 Å². The molecular weight excluding hydrogens is 378 g/mol. The van der Waals surface area contributed by atoms with Gasteiger partial charge in [0.2, 0.25) is 5.91 Å². The fourth-order valence-electron chi connectivity index (χ4n) is 4.38. The number of carbonyl (C=O) groups is 1. The van der Waals surface area contributed by atoms with E-state index in [1.165, 1.54) is 24.5 Å². The van der Waals surface area contributed by atoms with Gasteiger partial charge in [-0.1, -0.05) is 36.8 Å². The zero-order valence-electron chi connectivity index (χ0n) is 17.6. The Hall–Kier alpha value is -2.93. The number of aryl methyl sites for hydroxylation is 2. The lowest BCUT2D eigenvalue weighted by Gasteiger charge is -2.36. The van der Waals surface area contributed by atoms with Crippen molar-refractivity contribution in [1.29, 1.82) is 0 Å². The summed E-state index contributed by atoms with van der Waals surface area (Å²) in [6, 6.07) is 12.3. The molecule has 0 aliphatic carbocycles. The zero-order valence-corrected chi connectivity index (χ0v) is 17.6. The molecule has 0 radical (unpaired) electrons. The van der Waals surface area contributed by atoms with Crippen LogP contribution >= 0.6 is 0 Å². The van der Waals surface area contributed by atoms with E-state index in [1.807, 2.05) is 19.9 Å². The van der Waals surface area contributed by atoms with E-state index >= 15 is 0 Å². The summed E-state index contributed by atoms with van der Waals surface area (Å²) >= 11 is 0. The monoisotopic (exact) mass is 407 g/mol. The molecule has 1 aliphatic rings. The normalized spacial score (nSPS) is 17.3. The Morgan fingerprint density at radius 2 is 2.03 bits per heavy atom. The third kappa shape index (κ3) is 4.46. The van der Waals surface area contributed by atoms with Gasteiger partial charge in [-0.2, -0.15) is 0 Å². The number of carbonyl (C=O) groups excluding carboxylic acids is 1. The van der Waals surface area contributed by atoms with E-state index < -0.39 is 0 Å². The summed E-state index contributed by atoms with van der Waals surface area (Å²) in [7, 11) is 0. The predicted octanol–water partition coefficient (Wildman–Crippen LogP) is 2.35. The lowest BCUT2D eigenvalue weighted by atomic mass is 10.0. The first-order chi connectivity index (χ1) is 14.5. The van der Waals surface area contributed by atoms with Crippen molar-refractivity contribution < 1.29 is 4.79 Å². The molecule has 1 fully saturated rings. The van der Waals surface area contributed by atoms with Crippen LogP contribution in [-0.4, -0.2) is 44.5 Å². The second-order valence-corrected chi connectivity index (χ2v) is 8.16. The van der Waals surface area contributed by atoms with E-state index in [-0.39, 0.29) is 17.9 Å². The molecule has 1 aliphatic heterocycles. The number of aromatic nitrogens is 3. The molecule has 1 aromatic carbocycles. The van der Waals surface area contributed by atoms with E-state index in [9.17, 15) is 9.59 Å². The lowest BCUT2D eigenvalue weighted by molar-refractivity contribution is -0.120. The van der Waals surface area contributed by atoms with Gasteiger partial charge in [-0.15, -0.1) is 0 Å². The number of H-pyrrole nitrogens is 1. The summed E-state index contributed by atoms with van der Waals surface area (Å²) in [5.74, 6) is -0.0120. The summed E-state index contributed by atoms with van der Waals surface area (Å²) in [6.45, 7) is 6.43. The maximum Gasteiger partial charge on any atom is 0.266 e. The van der Waals surface area contributed by atoms with Crippen molar-refractivity contribution in [2.75, 3.05) is 13.1 Å². The first-order valence-electron chi connectivity index (χ1n) is 10.6. The number of hydrogen-bond acceptors (Lipinski definition) is 4. The molecule has 158 valence electrons.